The van der Waals surface area contributed by atoms with Crippen molar-refractivity contribution in [1.29, 1.82) is 0 Å². The molecule has 2 rings (SSSR count). The molecule has 20 heavy (non-hydrogen) atoms. The Morgan fingerprint density at radius 3 is 2.60 bits per heavy atom. The summed E-state index contributed by atoms with van der Waals surface area (Å²) < 4.78 is 0. The van der Waals surface area contributed by atoms with Gasteiger partial charge in [-0.15, -0.1) is 0 Å². The van der Waals surface area contributed by atoms with E-state index in [2.05, 4.69) is 5.32 Å². The van der Waals surface area contributed by atoms with Crippen LogP contribution in [0.15, 0.2) is 24.3 Å². The van der Waals surface area contributed by atoms with Crippen LogP contribution in [0.5, 0.6) is 0 Å². The number of benzene rings is 1. The maximum Gasteiger partial charge on any atom is 0.251 e. The molecule has 1 heterocycles. The average Bonchev–Trinajstić information content (AvgIpc) is 2.71. The second-order valence-corrected chi connectivity index (χ2v) is 5.12. The van der Waals surface area contributed by atoms with E-state index >= 15 is 0 Å². The number of aliphatic hydroxyl groups excluding tert-OH is 1. The van der Waals surface area contributed by atoms with Crippen molar-refractivity contribution in [2.45, 2.75) is 25.3 Å². The first-order valence-corrected chi connectivity index (χ1v) is 6.98. The fourth-order valence-electron chi connectivity index (χ4n) is 2.17. The van der Waals surface area contributed by atoms with Crippen LogP contribution in [0, 0.1) is 0 Å². The zero-order chi connectivity index (χ0) is 14.5. The van der Waals surface area contributed by atoms with E-state index in [9.17, 15) is 9.59 Å². The number of nitrogens with zero attached hydrogens (tertiary/aromatic N) is 1. The Labute approximate surface area is 122 Å². The molecule has 0 spiro atoms. The molecule has 0 saturated carbocycles. The quantitative estimate of drug-likeness (QED) is 0.614. The Morgan fingerprint density at radius 2 is 1.95 bits per heavy atom. The van der Waals surface area contributed by atoms with E-state index in [0.29, 0.717) is 23.7 Å². The third-order valence-corrected chi connectivity index (χ3v) is 3.46. The van der Waals surface area contributed by atoms with E-state index in [4.69, 9.17) is 16.7 Å². The van der Waals surface area contributed by atoms with Crippen LogP contribution in [0.2, 0.25) is 5.02 Å². The lowest BCUT2D eigenvalue weighted by Gasteiger charge is -2.15. The van der Waals surface area contributed by atoms with Crippen LogP contribution in [0.1, 0.15) is 19.3 Å². The molecule has 2 N–H and O–H groups in total. The van der Waals surface area contributed by atoms with Gasteiger partial charge in [0.25, 0.3) is 5.91 Å². The zero-order valence-electron chi connectivity index (χ0n) is 11.0. The maximum absolute atomic E-state index is 12.2. The van der Waals surface area contributed by atoms with Gasteiger partial charge in [-0.25, -0.2) is 4.90 Å². The summed E-state index contributed by atoms with van der Waals surface area (Å²) in [4.78, 5) is 25.4. The zero-order valence-corrected chi connectivity index (χ0v) is 11.8. The summed E-state index contributed by atoms with van der Waals surface area (Å²) in [5.41, 5.74) is 0.545. The molecular weight excluding hydrogens is 280 g/mol. The van der Waals surface area contributed by atoms with Gasteiger partial charge in [0.2, 0.25) is 5.91 Å². The number of anilines is 1. The van der Waals surface area contributed by atoms with Crippen molar-refractivity contribution in [3.63, 3.8) is 0 Å². The molecule has 1 aromatic rings. The number of halogens is 1. The molecule has 6 heteroatoms. The van der Waals surface area contributed by atoms with Gasteiger partial charge in [0, 0.05) is 11.6 Å². The molecule has 1 atom stereocenters. The Morgan fingerprint density at radius 1 is 1.25 bits per heavy atom. The number of carbonyl (C=O) groups excluding carboxylic acids is 2. The van der Waals surface area contributed by atoms with Crippen LogP contribution in [0.3, 0.4) is 0 Å². The van der Waals surface area contributed by atoms with Gasteiger partial charge in [0.05, 0.1) is 18.2 Å². The maximum atomic E-state index is 12.2. The summed E-state index contributed by atoms with van der Waals surface area (Å²) in [6.45, 7) is 0.745. The van der Waals surface area contributed by atoms with Gasteiger partial charge in [-0.2, -0.15) is 0 Å². The van der Waals surface area contributed by atoms with Gasteiger partial charge in [-0.3, -0.25) is 9.59 Å². The number of hydrogen-bond donors (Lipinski definition) is 2. The van der Waals surface area contributed by atoms with E-state index in [1.807, 2.05) is 0 Å². The highest BCUT2D eigenvalue weighted by Gasteiger charge is 2.38. The molecule has 2 amide bonds. The lowest BCUT2D eigenvalue weighted by Crippen LogP contribution is -2.39. The van der Waals surface area contributed by atoms with Crippen molar-refractivity contribution in [2.24, 2.45) is 0 Å². The second kappa shape index (κ2) is 6.83. The predicted molar refractivity (Wildman–Crippen MR) is 76.7 cm³/mol. The Hall–Kier alpha value is -1.43. The summed E-state index contributed by atoms with van der Waals surface area (Å²) in [7, 11) is 0. The van der Waals surface area contributed by atoms with Crippen molar-refractivity contribution < 1.29 is 14.7 Å². The molecule has 1 aliphatic heterocycles. The lowest BCUT2D eigenvalue weighted by atomic mass is 10.2. The molecule has 0 aromatic heterocycles. The van der Waals surface area contributed by atoms with Crippen molar-refractivity contribution in [2.75, 3.05) is 18.1 Å². The van der Waals surface area contributed by atoms with Gasteiger partial charge in [-0.05, 0) is 43.7 Å². The van der Waals surface area contributed by atoms with Crippen LogP contribution in [-0.4, -0.2) is 36.1 Å². The number of unbranched alkanes of at least 4 members (excludes halogenated alkanes) is 1. The van der Waals surface area contributed by atoms with Crippen LogP contribution in [0.25, 0.3) is 0 Å². The van der Waals surface area contributed by atoms with Crippen LogP contribution >= 0.6 is 11.6 Å². The van der Waals surface area contributed by atoms with Gasteiger partial charge >= 0.3 is 0 Å². The number of amides is 2. The average molecular weight is 297 g/mol. The highest BCUT2D eigenvalue weighted by molar-refractivity contribution is 6.30. The molecule has 1 fully saturated rings. The Kier molecular flexibility index (Phi) is 5.11. The fourth-order valence-corrected chi connectivity index (χ4v) is 2.29. The summed E-state index contributed by atoms with van der Waals surface area (Å²) in [6.07, 6.45) is 1.62. The normalized spacial score (nSPS) is 18.9. The number of nitrogens with one attached hydrogen (secondary N) is 1. The first-order valence-electron chi connectivity index (χ1n) is 6.60. The van der Waals surface area contributed by atoms with Crippen LogP contribution in [0.4, 0.5) is 5.69 Å². The number of aliphatic hydroxyl groups is 1. The highest BCUT2D eigenvalue weighted by atomic mass is 35.5. The molecule has 0 unspecified atom stereocenters. The monoisotopic (exact) mass is 296 g/mol. The van der Waals surface area contributed by atoms with Crippen LogP contribution < -0.4 is 10.2 Å². The topological polar surface area (TPSA) is 69.6 Å². The molecule has 5 nitrogen and oxygen atoms in total. The SMILES string of the molecule is O=C1C[C@@H](NCCCCO)C(=O)N1c1ccc(Cl)cc1. The molecule has 1 aliphatic rings. The summed E-state index contributed by atoms with van der Waals surface area (Å²) in [6, 6.07) is 6.15. The molecule has 0 aliphatic carbocycles. The van der Waals surface area contributed by atoms with Gasteiger partial charge in [0.15, 0.2) is 0 Å². The van der Waals surface area contributed by atoms with Crippen molar-refractivity contribution >= 4 is 29.1 Å². The molecule has 0 bridgehead atoms. The molecule has 0 radical (unpaired) electrons. The van der Waals surface area contributed by atoms with Crippen LogP contribution in [-0.2, 0) is 9.59 Å². The smallest absolute Gasteiger partial charge is 0.251 e. The van der Waals surface area contributed by atoms with E-state index in [1.54, 1.807) is 24.3 Å². The van der Waals surface area contributed by atoms with E-state index in [1.165, 1.54) is 4.90 Å². The minimum atomic E-state index is -0.475. The Balaban J connectivity index is 2.00. The van der Waals surface area contributed by atoms with Gasteiger partial charge in [0.1, 0.15) is 0 Å². The lowest BCUT2D eigenvalue weighted by molar-refractivity contribution is -0.121. The number of imide groups is 1. The third-order valence-electron chi connectivity index (χ3n) is 3.21. The third kappa shape index (κ3) is 3.36. The highest BCUT2D eigenvalue weighted by Crippen LogP contribution is 2.24. The number of rotatable bonds is 6. The summed E-state index contributed by atoms with van der Waals surface area (Å²) >= 11 is 5.80. The van der Waals surface area contributed by atoms with Gasteiger partial charge < -0.3 is 10.4 Å². The minimum absolute atomic E-state index is 0.135. The second-order valence-electron chi connectivity index (χ2n) is 4.69. The predicted octanol–water partition coefficient (Wildman–Crippen LogP) is 1.33. The first-order chi connectivity index (χ1) is 9.63. The van der Waals surface area contributed by atoms with Gasteiger partial charge in [-0.1, -0.05) is 11.6 Å². The van der Waals surface area contributed by atoms with Crippen molar-refractivity contribution in [3.05, 3.63) is 29.3 Å². The van der Waals surface area contributed by atoms with E-state index in [0.717, 1.165) is 6.42 Å². The largest absolute Gasteiger partial charge is 0.396 e. The first kappa shape index (κ1) is 15.0. The van der Waals surface area contributed by atoms with E-state index in [-0.39, 0.29) is 24.8 Å². The standard InChI is InChI=1S/C14H17ClN2O3/c15-10-3-5-11(6-4-10)17-13(19)9-12(14(17)20)16-7-1-2-8-18/h3-6,12,16,18H,1-2,7-9H2/t12-/m1/s1. The molecule has 1 aromatic carbocycles. The Bertz CT molecular complexity index is 490. The number of carbonyl (C=O) groups is 2. The fraction of sp³-hybridized carbons (Fsp3) is 0.429. The molecule has 1 saturated heterocycles. The summed E-state index contributed by atoms with van der Waals surface area (Å²) in [5.74, 6) is -0.446. The summed E-state index contributed by atoms with van der Waals surface area (Å²) in [5, 5.41) is 12.3. The van der Waals surface area contributed by atoms with Crippen molar-refractivity contribution in [1.82, 2.24) is 5.32 Å². The number of hydrogen-bond acceptors (Lipinski definition) is 4. The minimum Gasteiger partial charge on any atom is -0.396 e. The molecule has 108 valence electrons. The molecular formula is C14H17ClN2O3. The van der Waals surface area contributed by atoms with Crippen molar-refractivity contribution in [3.8, 4) is 0 Å². The van der Waals surface area contributed by atoms with E-state index < -0.39 is 6.04 Å².